The normalized spacial score (nSPS) is 23.6. The van der Waals surface area contributed by atoms with Crippen molar-refractivity contribution in [3.05, 3.63) is 50.6 Å². The number of benzene rings is 1. The number of carbonyl (C=O) groups is 1. The molecule has 0 fully saturated rings. The standard InChI is InChI=1S/C20H20FN3O4/c1-9-8-28-19-15(16-12-6-22-5-10(12)2-3-23-16)14(21)4-11-17(19)24(9)7-13(18(11)25)20(26)27/h4,7,9,16,22-23H,2-3,5-6,8H2,1H3,(H,26,27)/t9-,16?/m0/s1. The van der Waals surface area contributed by atoms with E-state index in [2.05, 4.69) is 10.6 Å². The van der Waals surface area contributed by atoms with Crippen LogP contribution in [0.1, 0.15) is 41.3 Å². The molecule has 3 aliphatic rings. The van der Waals surface area contributed by atoms with E-state index < -0.39 is 17.2 Å². The Hall–Kier alpha value is -2.71. The van der Waals surface area contributed by atoms with E-state index in [1.165, 1.54) is 17.8 Å². The summed E-state index contributed by atoms with van der Waals surface area (Å²) in [5, 5.41) is 16.1. The lowest BCUT2D eigenvalue weighted by Crippen LogP contribution is -2.33. The number of rotatable bonds is 2. The summed E-state index contributed by atoms with van der Waals surface area (Å²) in [7, 11) is 0. The smallest absolute Gasteiger partial charge is 0.341 e. The molecule has 2 atom stereocenters. The molecule has 28 heavy (non-hydrogen) atoms. The van der Waals surface area contributed by atoms with Crippen LogP contribution in [0.2, 0.25) is 0 Å². The van der Waals surface area contributed by atoms with Crippen molar-refractivity contribution in [2.24, 2.45) is 0 Å². The number of hydrogen-bond acceptors (Lipinski definition) is 5. The van der Waals surface area contributed by atoms with Crippen molar-refractivity contribution >= 4 is 16.9 Å². The van der Waals surface area contributed by atoms with Crippen LogP contribution < -0.4 is 20.8 Å². The molecule has 4 heterocycles. The van der Waals surface area contributed by atoms with Crippen LogP contribution in [0.25, 0.3) is 10.9 Å². The summed E-state index contributed by atoms with van der Waals surface area (Å²) < 4.78 is 23.0. The molecule has 0 saturated heterocycles. The minimum absolute atomic E-state index is 0.0391. The number of ether oxygens (including phenoxy) is 1. The highest BCUT2D eigenvalue weighted by molar-refractivity contribution is 5.95. The molecule has 0 amide bonds. The van der Waals surface area contributed by atoms with Gasteiger partial charge in [-0.25, -0.2) is 9.18 Å². The van der Waals surface area contributed by atoms with Crippen LogP contribution in [0.15, 0.2) is 28.2 Å². The molecule has 146 valence electrons. The highest BCUT2D eigenvalue weighted by Crippen LogP contribution is 2.43. The topological polar surface area (TPSA) is 92.6 Å². The number of carboxylic acid groups (broad SMARTS) is 1. The second kappa shape index (κ2) is 6.15. The molecule has 0 bridgehead atoms. The van der Waals surface area contributed by atoms with Crippen molar-refractivity contribution in [1.29, 1.82) is 0 Å². The van der Waals surface area contributed by atoms with Gasteiger partial charge in [0.15, 0.2) is 5.75 Å². The molecular formula is C20H20FN3O4. The third-order valence-corrected chi connectivity index (χ3v) is 5.95. The Kier molecular flexibility index (Phi) is 3.82. The summed E-state index contributed by atoms with van der Waals surface area (Å²) in [5.74, 6) is -1.54. The van der Waals surface area contributed by atoms with Gasteiger partial charge in [-0.3, -0.25) is 4.79 Å². The van der Waals surface area contributed by atoms with Crippen molar-refractivity contribution in [2.75, 3.05) is 26.2 Å². The van der Waals surface area contributed by atoms with Crippen LogP contribution in [0, 0.1) is 5.82 Å². The lowest BCUT2D eigenvalue weighted by molar-refractivity contribution is 0.0694. The minimum Gasteiger partial charge on any atom is -0.489 e. The monoisotopic (exact) mass is 385 g/mol. The van der Waals surface area contributed by atoms with Crippen LogP contribution in [-0.2, 0) is 0 Å². The number of aromatic carboxylic acids is 1. The Morgan fingerprint density at radius 3 is 3.00 bits per heavy atom. The van der Waals surface area contributed by atoms with E-state index in [0.717, 1.165) is 25.1 Å². The number of hydrogen-bond donors (Lipinski definition) is 3. The van der Waals surface area contributed by atoms with Crippen molar-refractivity contribution in [1.82, 2.24) is 15.2 Å². The van der Waals surface area contributed by atoms with Gasteiger partial charge in [0.1, 0.15) is 18.0 Å². The largest absolute Gasteiger partial charge is 0.489 e. The second-order valence-corrected chi connectivity index (χ2v) is 7.61. The summed E-state index contributed by atoms with van der Waals surface area (Å²) in [6.45, 7) is 4.39. The SMILES string of the molecule is C[C@H]1COc2c(C3NCCC4=C3CNC4)c(F)cc3c(=O)c(C(=O)O)cn1c23. The molecule has 7 nitrogen and oxygen atoms in total. The molecule has 0 saturated carbocycles. The third kappa shape index (κ3) is 2.34. The Morgan fingerprint density at radius 1 is 1.39 bits per heavy atom. The molecule has 0 aliphatic carbocycles. The van der Waals surface area contributed by atoms with Gasteiger partial charge in [0, 0.05) is 19.3 Å². The van der Waals surface area contributed by atoms with Crippen molar-refractivity contribution in [3.63, 3.8) is 0 Å². The predicted molar refractivity (Wildman–Crippen MR) is 101 cm³/mol. The fourth-order valence-corrected chi connectivity index (χ4v) is 4.58. The van der Waals surface area contributed by atoms with Gasteiger partial charge in [-0.2, -0.15) is 0 Å². The van der Waals surface area contributed by atoms with E-state index in [0.29, 0.717) is 23.4 Å². The molecule has 1 unspecified atom stereocenters. The van der Waals surface area contributed by atoms with Gasteiger partial charge < -0.3 is 25.0 Å². The number of nitrogens with zero attached hydrogens (tertiary/aromatic N) is 1. The average molecular weight is 385 g/mol. The van der Waals surface area contributed by atoms with Gasteiger partial charge in [-0.1, -0.05) is 5.57 Å². The van der Waals surface area contributed by atoms with Gasteiger partial charge in [0.05, 0.1) is 28.6 Å². The predicted octanol–water partition coefficient (Wildman–Crippen LogP) is 1.73. The zero-order valence-electron chi connectivity index (χ0n) is 15.3. The fourth-order valence-electron chi connectivity index (χ4n) is 4.58. The quantitative estimate of drug-likeness (QED) is 0.682. The first kappa shape index (κ1) is 17.4. The lowest BCUT2D eigenvalue weighted by atomic mass is 9.89. The van der Waals surface area contributed by atoms with Gasteiger partial charge in [0.25, 0.3) is 0 Å². The Morgan fingerprint density at radius 2 is 2.21 bits per heavy atom. The molecule has 3 aliphatic heterocycles. The maximum absolute atomic E-state index is 15.3. The van der Waals surface area contributed by atoms with E-state index in [9.17, 15) is 14.7 Å². The third-order valence-electron chi connectivity index (χ3n) is 5.95. The minimum atomic E-state index is -1.32. The second-order valence-electron chi connectivity index (χ2n) is 7.61. The Labute approximate surface area is 159 Å². The summed E-state index contributed by atoms with van der Waals surface area (Å²) in [5.41, 5.74) is 2.22. The molecular weight excluding hydrogens is 365 g/mol. The highest BCUT2D eigenvalue weighted by atomic mass is 19.1. The van der Waals surface area contributed by atoms with Crippen LogP contribution in [-0.4, -0.2) is 41.9 Å². The molecule has 1 aromatic carbocycles. The zero-order chi connectivity index (χ0) is 19.6. The molecule has 5 rings (SSSR count). The lowest BCUT2D eigenvalue weighted by Gasteiger charge is -2.33. The fraction of sp³-hybridized carbons (Fsp3) is 0.400. The van der Waals surface area contributed by atoms with E-state index in [4.69, 9.17) is 4.74 Å². The van der Waals surface area contributed by atoms with Crippen molar-refractivity contribution in [2.45, 2.75) is 25.4 Å². The van der Waals surface area contributed by atoms with Crippen LogP contribution in [0.5, 0.6) is 5.75 Å². The van der Waals surface area contributed by atoms with Gasteiger partial charge >= 0.3 is 5.97 Å². The zero-order valence-corrected chi connectivity index (χ0v) is 15.3. The Balaban J connectivity index is 1.83. The van der Waals surface area contributed by atoms with E-state index in [-0.39, 0.29) is 29.6 Å². The number of halogens is 1. The van der Waals surface area contributed by atoms with E-state index >= 15 is 4.39 Å². The van der Waals surface area contributed by atoms with Crippen molar-refractivity contribution in [3.8, 4) is 5.75 Å². The first-order valence-corrected chi connectivity index (χ1v) is 9.39. The van der Waals surface area contributed by atoms with Gasteiger partial charge in [0.2, 0.25) is 5.43 Å². The summed E-state index contributed by atoms with van der Waals surface area (Å²) in [4.78, 5) is 24.2. The number of pyridine rings is 1. The van der Waals surface area contributed by atoms with Crippen molar-refractivity contribution < 1.29 is 19.0 Å². The molecule has 2 aromatic rings. The van der Waals surface area contributed by atoms with Gasteiger partial charge in [-0.05, 0) is 31.5 Å². The molecule has 8 heteroatoms. The summed E-state index contributed by atoms with van der Waals surface area (Å²) >= 11 is 0. The Bertz CT molecular complexity index is 1120. The average Bonchev–Trinajstić information content (AvgIpc) is 3.15. The molecule has 0 spiro atoms. The maximum Gasteiger partial charge on any atom is 0.341 e. The van der Waals surface area contributed by atoms with Crippen LogP contribution in [0.3, 0.4) is 0 Å². The van der Waals surface area contributed by atoms with E-state index in [1.54, 1.807) is 4.57 Å². The number of carboxylic acids is 1. The number of aromatic nitrogens is 1. The van der Waals surface area contributed by atoms with Gasteiger partial charge in [-0.15, -0.1) is 0 Å². The molecule has 1 aromatic heterocycles. The highest BCUT2D eigenvalue weighted by Gasteiger charge is 2.35. The van der Waals surface area contributed by atoms with Crippen LogP contribution >= 0.6 is 0 Å². The first-order chi connectivity index (χ1) is 13.5. The summed E-state index contributed by atoms with van der Waals surface area (Å²) in [6.07, 6.45) is 2.27. The maximum atomic E-state index is 15.3. The number of nitrogens with one attached hydrogen (secondary N) is 2. The molecule has 3 N–H and O–H groups in total. The molecule has 0 radical (unpaired) electrons. The summed E-state index contributed by atoms with van der Waals surface area (Å²) in [6, 6.07) is 0.670. The van der Waals surface area contributed by atoms with Crippen LogP contribution in [0.4, 0.5) is 4.39 Å². The first-order valence-electron chi connectivity index (χ1n) is 9.39. The van der Waals surface area contributed by atoms with E-state index in [1.807, 2.05) is 6.92 Å².